The molecule has 1 unspecified atom stereocenters. The van der Waals surface area contributed by atoms with Crippen molar-refractivity contribution in [2.24, 2.45) is 12.1 Å². The molecule has 1 aliphatic rings. The Labute approximate surface area is 162 Å². The monoisotopic (exact) mass is 380 g/mol. The molecule has 8 heteroatoms. The van der Waals surface area contributed by atoms with Crippen molar-refractivity contribution >= 4 is 22.8 Å². The zero-order valence-electron chi connectivity index (χ0n) is 16.8. The van der Waals surface area contributed by atoms with Crippen LogP contribution in [0.5, 0.6) is 0 Å². The van der Waals surface area contributed by atoms with E-state index in [0.717, 1.165) is 16.8 Å². The highest BCUT2D eigenvalue weighted by Gasteiger charge is 2.29. The lowest BCUT2D eigenvalue weighted by Gasteiger charge is -2.28. The molecule has 1 aromatic carbocycles. The average Bonchev–Trinajstić information content (AvgIpc) is 3.09. The quantitative estimate of drug-likeness (QED) is 0.697. The Bertz CT molecular complexity index is 1210. The van der Waals surface area contributed by atoms with Crippen LogP contribution in [0, 0.1) is 6.92 Å². The lowest BCUT2D eigenvalue weighted by atomic mass is 10.1. The Hall–Kier alpha value is -3.16. The van der Waals surface area contributed by atoms with Crippen molar-refractivity contribution in [1.29, 1.82) is 0 Å². The van der Waals surface area contributed by atoms with Crippen molar-refractivity contribution in [2.75, 3.05) is 11.6 Å². The van der Waals surface area contributed by atoms with Gasteiger partial charge in [0.1, 0.15) is 0 Å². The number of fused-ring (bicyclic) bond motifs is 3. The first-order valence-electron chi connectivity index (χ1n) is 9.43. The number of rotatable bonds is 3. The topological polar surface area (TPSA) is 77.4 Å². The van der Waals surface area contributed by atoms with E-state index >= 15 is 0 Å². The summed E-state index contributed by atoms with van der Waals surface area (Å²) < 4.78 is 4.63. The molecule has 28 heavy (non-hydrogen) atoms. The van der Waals surface area contributed by atoms with Gasteiger partial charge >= 0.3 is 5.69 Å². The minimum Gasteiger partial charge on any atom is -0.294 e. The van der Waals surface area contributed by atoms with Crippen molar-refractivity contribution in [3.63, 3.8) is 0 Å². The number of aromatic nitrogens is 4. The standard InChI is InChI=1S/C20H24N6O2/c1-6-25-19-21-17-16(26(19)14(4)13(3)22-25)18(27)24(20(28)23(17)5)11-15-9-7-12(2)8-10-15/h7-10,14H,6,11H2,1-5H3. The fraction of sp³-hybridized carbons (Fsp3) is 0.400. The highest BCUT2D eigenvalue weighted by molar-refractivity contribution is 5.91. The van der Waals surface area contributed by atoms with E-state index in [4.69, 9.17) is 0 Å². The Morgan fingerprint density at radius 2 is 1.79 bits per heavy atom. The largest absolute Gasteiger partial charge is 0.332 e. The molecule has 0 aliphatic carbocycles. The molecular formula is C20H24N6O2. The summed E-state index contributed by atoms with van der Waals surface area (Å²) in [7, 11) is 1.66. The van der Waals surface area contributed by atoms with Gasteiger partial charge in [-0.3, -0.25) is 18.5 Å². The normalized spacial score (nSPS) is 16.4. The first-order valence-corrected chi connectivity index (χ1v) is 9.43. The maximum absolute atomic E-state index is 13.4. The summed E-state index contributed by atoms with van der Waals surface area (Å²) in [6.07, 6.45) is 0. The van der Waals surface area contributed by atoms with Crippen LogP contribution >= 0.6 is 0 Å². The van der Waals surface area contributed by atoms with Gasteiger partial charge in [-0.05, 0) is 33.3 Å². The summed E-state index contributed by atoms with van der Waals surface area (Å²) in [5, 5.41) is 6.34. The zero-order chi connectivity index (χ0) is 20.2. The van der Waals surface area contributed by atoms with Crippen molar-refractivity contribution < 1.29 is 0 Å². The Morgan fingerprint density at radius 1 is 1.11 bits per heavy atom. The molecule has 2 aromatic heterocycles. The van der Waals surface area contributed by atoms with Gasteiger partial charge in [0.2, 0.25) is 5.95 Å². The van der Waals surface area contributed by atoms with Crippen LogP contribution in [0.1, 0.15) is 37.9 Å². The fourth-order valence-corrected chi connectivity index (χ4v) is 3.61. The summed E-state index contributed by atoms with van der Waals surface area (Å²) in [5.74, 6) is 0.593. The lowest BCUT2D eigenvalue weighted by molar-refractivity contribution is 0.631. The average molecular weight is 380 g/mol. The summed E-state index contributed by atoms with van der Waals surface area (Å²) in [5.41, 5.74) is 3.06. The number of aryl methyl sites for hydroxylation is 2. The molecule has 1 atom stereocenters. The molecule has 0 radical (unpaired) electrons. The highest BCUT2D eigenvalue weighted by atomic mass is 16.2. The van der Waals surface area contributed by atoms with E-state index in [9.17, 15) is 9.59 Å². The number of imidazole rings is 1. The smallest absolute Gasteiger partial charge is 0.294 e. The molecule has 8 nitrogen and oxygen atoms in total. The van der Waals surface area contributed by atoms with Crippen molar-refractivity contribution in [1.82, 2.24) is 18.7 Å². The first-order chi connectivity index (χ1) is 13.3. The number of benzene rings is 1. The van der Waals surface area contributed by atoms with E-state index in [1.807, 2.05) is 56.5 Å². The van der Waals surface area contributed by atoms with Crippen molar-refractivity contribution in [3.8, 4) is 0 Å². The second-order valence-corrected chi connectivity index (χ2v) is 7.31. The fourth-order valence-electron chi connectivity index (χ4n) is 3.61. The zero-order valence-corrected chi connectivity index (χ0v) is 16.8. The van der Waals surface area contributed by atoms with E-state index in [0.29, 0.717) is 23.7 Å². The first kappa shape index (κ1) is 18.2. The SMILES string of the molecule is CCN1N=C(C)C(C)n2c1nc1c2c(=O)n(Cc2ccc(C)cc2)c(=O)n1C. The molecule has 0 bridgehead atoms. The summed E-state index contributed by atoms with van der Waals surface area (Å²) in [6, 6.07) is 7.72. The van der Waals surface area contributed by atoms with Crippen molar-refractivity contribution in [2.45, 2.75) is 40.3 Å². The van der Waals surface area contributed by atoms with Gasteiger partial charge in [-0.25, -0.2) is 9.80 Å². The van der Waals surface area contributed by atoms with E-state index in [-0.39, 0.29) is 23.8 Å². The lowest BCUT2D eigenvalue weighted by Crippen LogP contribution is -2.40. The highest BCUT2D eigenvalue weighted by Crippen LogP contribution is 2.29. The minimum atomic E-state index is -0.373. The van der Waals surface area contributed by atoms with Gasteiger partial charge in [-0.1, -0.05) is 29.8 Å². The van der Waals surface area contributed by atoms with Gasteiger partial charge < -0.3 is 0 Å². The predicted molar refractivity (Wildman–Crippen MR) is 110 cm³/mol. The van der Waals surface area contributed by atoms with E-state index < -0.39 is 0 Å². The minimum absolute atomic E-state index is 0.110. The second kappa shape index (κ2) is 6.47. The maximum atomic E-state index is 13.4. The van der Waals surface area contributed by atoms with Gasteiger partial charge in [0.25, 0.3) is 5.56 Å². The summed E-state index contributed by atoms with van der Waals surface area (Å²) in [6.45, 7) is 8.76. The Balaban J connectivity index is 1.99. The number of nitrogens with zero attached hydrogens (tertiary/aromatic N) is 6. The van der Waals surface area contributed by atoms with E-state index in [2.05, 4.69) is 10.1 Å². The van der Waals surface area contributed by atoms with Crippen LogP contribution in [-0.4, -0.2) is 30.9 Å². The molecule has 146 valence electrons. The van der Waals surface area contributed by atoms with Crippen LogP contribution in [0.4, 0.5) is 5.95 Å². The van der Waals surface area contributed by atoms with Gasteiger partial charge in [-0.2, -0.15) is 10.1 Å². The van der Waals surface area contributed by atoms with Gasteiger partial charge in [-0.15, -0.1) is 0 Å². The number of hydrogen-bond donors (Lipinski definition) is 0. The van der Waals surface area contributed by atoms with Crippen LogP contribution in [0.3, 0.4) is 0 Å². The van der Waals surface area contributed by atoms with E-state index in [1.54, 1.807) is 12.1 Å². The summed E-state index contributed by atoms with van der Waals surface area (Å²) >= 11 is 0. The molecular weight excluding hydrogens is 356 g/mol. The molecule has 0 saturated carbocycles. The Kier molecular flexibility index (Phi) is 4.21. The predicted octanol–water partition coefficient (Wildman–Crippen LogP) is 2.03. The van der Waals surface area contributed by atoms with E-state index in [1.165, 1.54) is 9.13 Å². The van der Waals surface area contributed by atoms with Crippen LogP contribution < -0.4 is 16.3 Å². The molecule has 3 aromatic rings. The molecule has 0 amide bonds. The third-order valence-electron chi connectivity index (χ3n) is 5.42. The molecule has 0 N–H and O–H groups in total. The number of hydrogen-bond acceptors (Lipinski definition) is 5. The van der Waals surface area contributed by atoms with Crippen LogP contribution in [0.2, 0.25) is 0 Å². The van der Waals surface area contributed by atoms with Gasteiger partial charge in [0, 0.05) is 13.6 Å². The maximum Gasteiger partial charge on any atom is 0.332 e. The Morgan fingerprint density at radius 3 is 2.43 bits per heavy atom. The molecule has 0 fully saturated rings. The molecule has 3 heterocycles. The number of hydrazone groups is 1. The second-order valence-electron chi connectivity index (χ2n) is 7.31. The molecule has 0 spiro atoms. The molecule has 0 saturated heterocycles. The van der Waals surface area contributed by atoms with Gasteiger partial charge in [0.05, 0.1) is 18.3 Å². The van der Waals surface area contributed by atoms with Crippen LogP contribution in [0.15, 0.2) is 39.0 Å². The third-order valence-corrected chi connectivity index (χ3v) is 5.42. The van der Waals surface area contributed by atoms with Crippen LogP contribution in [-0.2, 0) is 13.6 Å². The van der Waals surface area contributed by atoms with Crippen molar-refractivity contribution in [3.05, 3.63) is 56.2 Å². The molecule has 1 aliphatic heterocycles. The van der Waals surface area contributed by atoms with Gasteiger partial charge in [0.15, 0.2) is 11.2 Å². The summed E-state index contributed by atoms with van der Waals surface area (Å²) in [4.78, 5) is 30.9. The van der Waals surface area contributed by atoms with Crippen LogP contribution in [0.25, 0.3) is 11.2 Å². The molecule has 4 rings (SSSR count). The third kappa shape index (κ3) is 2.59. The number of anilines is 1.